The Bertz CT molecular complexity index is 6310. The highest BCUT2D eigenvalue weighted by Gasteiger charge is 2.51. The Kier molecular flexibility index (Phi) is 12.2. The summed E-state index contributed by atoms with van der Waals surface area (Å²) < 4.78 is 156. The number of aromatic nitrogens is 2. The van der Waals surface area contributed by atoms with Crippen LogP contribution in [0, 0.1) is 28.6 Å². The van der Waals surface area contributed by atoms with Gasteiger partial charge in [0.25, 0.3) is 6.71 Å². The summed E-state index contributed by atoms with van der Waals surface area (Å²) in [5.74, 6) is 0.188. The average molecular weight is 1360 g/mol. The number of hydrogen-bond acceptors (Lipinski definition) is 2. The largest absolute Gasteiger partial charge is 0.334 e. The molecule has 0 spiro atoms. The first-order valence-corrected chi connectivity index (χ1v) is 37.4. The van der Waals surface area contributed by atoms with Crippen molar-refractivity contribution in [2.24, 2.45) is 28.6 Å². The van der Waals surface area contributed by atoms with Gasteiger partial charge in [-0.25, -0.2) is 0 Å². The molecule has 12 aromatic rings. The van der Waals surface area contributed by atoms with E-state index in [1.165, 1.54) is 16.7 Å². The molecular formula is C98H103BN4. The number of anilines is 5. The molecule has 5 aliphatic rings. The molecule has 0 bridgehead atoms. The van der Waals surface area contributed by atoms with Crippen LogP contribution in [0.2, 0.25) is 0 Å². The summed E-state index contributed by atoms with van der Waals surface area (Å²) in [6, 6.07) is 33.2. The van der Waals surface area contributed by atoms with Crippen molar-refractivity contribution in [2.75, 3.05) is 9.80 Å². The third-order valence-electron chi connectivity index (χ3n) is 23.5. The van der Waals surface area contributed by atoms with Crippen molar-refractivity contribution in [3.63, 3.8) is 0 Å². The van der Waals surface area contributed by atoms with Crippen molar-refractivity contribution in [3.05, 3.63) is 264 Å². The molecular weight excluding hydrogens is 1240 g/mol. The molecule has 4 nitrogen and oxygen atoms in total. The van der Waals surface area contributed by atoms with Crippen LogP contribution in [0.5, 0.6) is 0 Å². The van der Waals surface area contributed by atoms with Crippen molar-refractivity contribution in [3.8, 4) is 33.6 Å². The van der Waals surface area contributed by atoms with Gasteiger partial charge in [-0.2, -0.15) is 0 Å². The fraction of sp³-hybridized carbons (Fsp3) is 0.327. The fourth-order valence-electron chi connectivity index (χ4n) is 17.8. The maximum atomic E-state index is 9.96. The Morgan fingerprint density at radius 2 is 0.981 bits per heavy atom. The predicted molar refractivity (Wildman–Crippen MR) is 444 cm³/mol. The molecule has 10 aromatic carbocycles. The van der Waals surface area contributed by atoms with Gasteiger partial charge >= 0.3 is 0 Å². The molecule has 0 N–H and O–H groups in total. The number of rotatable bonds is 8. The molecule has 0 saturated carbocycles. The van der Waals surface area contributed by atoms with Gasteiger partial charge in [0.1, 0.15) is 0 Å². The van der Waals surface area contributed by atoms with E-state index in [-0.39, 0.29) is 83.7 Å². The molecule has 0 amide bonds. The van der Waals surface area contributed by atoms with Gasteiger partial charge in [0.15, 0.2) is 0 Å². The second-order valence-electron chi connectivity index (χ2n) is 35.1. The molecule has 103 heavy (non-hydrogen) atoms. The van der Waals surface area contributed by atoms with E-state index in [0.29, 0.717) is 17.1 Å². The van der Waals surface area contributed by atoms with E-state index in [2.05, 4.69) is 223 Å². The topological polar surface area (TPSA) is 16.3 Å². The first kappa shape index (κ1) is 50.9. The Balaban J connectivity index is 1.10. The number of para-hydroxylation sites is 4. The minimum absolute atomic E-state index is 0.0136. The van der Waals surface area contributed by atoms with Crippen LogP contribution < -0.4 is 26.2 Å². The number of nitrogens with zero attached hydrogens (tertiary/aromatic N) is 4. The summed E-state index contributed by atoms with van der Waals surface area (Å²) in [7, 11) is 0. The molecule has 4 unspecified atom stereocenters. The molecule has 17 rings (SSSR count). The lowest BCUT2D eigenvalue weighted by Crippen LogP contribution is -2.64. The second-order valence-corrected chi connectivity index (χ2v) is 35.1. The normalized spacial score (nSPS) is 21.0. The fourth-order valence-corrected chi connectivity index (χ4v) is 17.8. The summed E-state index contributed by atoms with van der Waals surface area (Å²) in [4.78, 5) is 5.12. The Morgan fingerprint density at radius 3 is 1.52 bits per heavy atom. The minimum atomic E-state index is -0.674. The zero-order valence-electron chi connectivity index (χ0n) is 78.5. The van der Waals surface area contributed by atoms with Gasteiger partial charge in [-0.05, 0) is 213 Å². The maximum absolute atomic E-state index is 9.96. The van der Waals surface area contributed by atoms with Gasteiger partial charge < -0.3 is 18.9 Å². The Morgan fingerprint density at radius 1 is 0.456 bits per heavy atom. The lowest BCUT2D eigenvalue weighted by atomic mass is 9.33. The lowest BCUT2D eigenvalue weighted by molar-refractivity contribution is 0.219. The van der Waals surface area contributed by atoms with Crippen LogP contribution >= 0.6 is 0 Å². The third-order valence-corrected chi connectivity index (χ3v) is 23.5. The van der Waals surface area contributed by atoms with Crippen molar-refractivity contribution in [1.29, 1.82) is 0 Å². The van der Waals surface area contributed by atoms with Gasteiger partial charge in [-0.3, -0.25) is 0 Å². The Labute approximate surface area is 636 Å². The average Bonchev–Trinajstić information content (AvgIpc) is 1.52. The summed E-state index contributed by atoms with van der Waals surface area (Å²) in [5, 5.41) is -0.122. The van der Waals surface area contributed by atoms with Crippen LogP contribution in [-0.4, -0.2) is 21.9 Å². The summed E-state index contributed by atoms with van der Waals surface area (Å²) in [5.41, 5.74) is 17.2. The number of benzene rings is 10. The van der Waals surface area contributed by atoms with E-state index in [1.807, 2.05) is 24.3 Å². The summed E-state index contributed by atoms with van der Waals surface area (Å²) in [6.07, 6.45) is 15.1. The molecule has 0 radical (unpaired) electrons. The van der Waals surface area contributed by atoms with E-state index in [9.17, 15) is 16.4 Å². The van der Waals surface area contributed by atoms with Gasteiger partial charge in [0, 0.05) is 72.7 Å². The number of allylic oxidation sites excluding steroid dienone is 4. The van der Waals surface area contributed by atoms with E-state index in [0.717, 1.165) is 129 Å². The second kappa shape index (κ2) is 24.7. The number of fused-ring (bicyclic) bond motifs is 10. The minimum Gasteiger partial charge on any atom is -0.334 e. The van der Waals surface area contributed by atoms with E-state index in [1.54, 1.807) is 9.13 Å². The van der Waals surface area contributed by atoms with Crippen LogP contribution in [0.1, 0.15) is 194 Å². The van der Waals surface area contributed by atoms with Gasteiger partial charge in [0.05, 0.1) is 55.7 Å². The monoisotopic (exact) mass is 1360 g/mol. The highest BCUT2D eigenvalue weighted by molar-refractivity contribution is 7.00. The molecule has 4 atom stereocenters. The van der Waals surface area contributed by atoms with Gasteiger partial charge in [0.2, 0.25) is 0 Å². The van der Waals surface area contributed by atoms with Gasteiger partial charge in [-0.15, -0.1) is 0 Å². The molecule has 3 aliphatic carbocycles. The van der Waals surface area contributed by atoms with Crippen LogP contribution in [0.3, 0.4) is 0 Å². The first-order valence-electron chi connectivity index (χ1n) is 45.4. The van der Waals surface area contributed by atoms with Gasteiger partial charge in [-0.1, -0.05) is 272 Å². The summed E-state index contributed by atoms with van der Waals surface area (Å²) in [6.45, 7) is 33.6. The first-order chi connectivity index (χ1) is 55.9. The predicted octanol–water partition coefficient (Wildman–Crippen LogP) is 25.1. The van der Waals surface area contributed by atoms with E-state index >= 15 is 0 Å². The quantitative estimate of drug-likeness (QED) is 0.111. The van der Waals surface area contributed by atoms with Crippen LogP contribution in [0.25, 0.3) is 77.2 Å². The third kappa shape index (κ3) is 11.4. The van der Waals surface area contributed by atoms with Crippen molar-refractivity contribution >= 4 is 95.1 Å². The smallest absolute Gasteiger partial charge is 0.252 e. The molecule has 0 fully saturated rings. The Hall–Kier alpha value is -9.32. The number of hydrogen-bond donors (Lipinski definition) is 0. The molecule has 4 heterocycles. The molecule has 2 aliphatic heterocycles. The molecule has 2 aromatic heterocycles. The van der Waals surface area contributed by atoms with E-state index < -0.39 is 114 Å². The van der Waals surface area contributed by atoms with Crippen LogP contribution in [-0.2, 0) is 16.2 Å². The zero-order chi connectivity index (χ0) is 85.3. The summed E-state index contributed by atoms with van der Waals surface area (Å²) >= 11 is 0. The molecule has 518 valence electrons. The lowest BCUT2D eigenvalue weighted by Gasteiger charge is -2.53. The van der Waals surface area contributed by atoms with Crippen molar-refractivity contribution in [2.45, 2.75) is 178 Å². The van der Waals surface area contributed by atoms with Crippen LogP contribution in [0.4, 0.5) is 28.4 Å². The highest BCUT2D eigenvalue weighted by Crippen LogP contribution is 2.57. The van der Waals surface area contributed by atoms with Crippen molar-refractivity contribution < 1.29 is 21.9 Å². The zero-order valence-corrected chi connectivity index (χ0v) is 62.5. The highest BCUT2D eigenvalue weighted by atomic mass is 15.2. The van der Waals surface area contributed by atoms with Crippen LogP contribution in [0.15, 0.2) is 247 Å². The standard InChI is InChI=1S/C98H103BN4/c1-94(2,3)66-38-30-36-64(52-66)79-56-68(96(7,8)9)54-77(62-32-18-16-19-33-62)92(79)102-87-60-71(100-83-44-26-22-40-73(83)74-41-23-27-45-84(74)100)48-50-81(87)99-82-51-49-72(101-85-46-28-24-42-75(85)76-43-25-29-47-86(76)101)61-88(82)103(90-59-70(98(13,14)15)58-89(102)91(90)99)93-78(63-34-20-17-21-35-63)55-69(97(10,11)12)57-80(93)65-37-31-39-67(53-65)95(4,5)6/h16,18-19,22-30,32-34,36,38-52,54,56-61,65,69,78,93H,17,20-21,31,35,37,53,55H2,1-15H3/i22D,23D,24D,25D,26D,27D,28D,29D,40D,41D,42D,43D,44D,45D,46D,47D. The molecule has 0 saturated heterocycles. The maximum Gasteiger partial charge on any atom is 0.252 e. The SMILES string of the molecule is [2H]c1c([2H])c([2H])c2c(c1[2H])c1c([2H])c([2H])c([2H])c([2H])c1n2-c1ccc2c(c1)N(c1c(-c3ccccc3)cc(C(C)(C)C)cc1-c1cccc(C(C)(C)C)c1)c1cc(C(C)(C)C)cc3c1B2c1ccc(-n2c4c([2H])c([2H])c([2H])c([2H])c4c4c([2H])c([2H])c([2H])c([2H])c42)cc1N3C1C(C2CCC=C(C(C)(C)C)C2)=CC(C(C)(C)C)CC1C1=CCCCC1. The molecule has 5 heteroatoms. The van der Waals surface area contributed by atoms with Crippen molar-refractivity contribution in [1.82, 2.24) is 9.13 Å². The van der Waals surface area contributed by atoms with E-state index in [4.69, 9.17) is 5.48 Å².